The average Bonchev–Trinajstić information content (AvgIpc) is 2.42. The van der Waals surface area contributed by atoms with E-state index >= 15 is 0 Å². The zero-order valence-electron chi connectivity index (χ0n) is 10.6. The Labute approximate surface area is 139 Å². The molecular formula is C14H12Br2N2OS. The van der Waals surface area contributed by atoms with Gasteiger partial charge in [0.2, 0.25) is 0 Å². The number of hydrogen-bond donors (Lipinski definition) is 2. The summed E-state index contributed by atoms with van der Waals surface area (Å²) in [6.07, 6.45) is 0. The van der Waals surface area contributed by atoms with Crippen LogP contribution in [0.1, 0.15) is 5.56 Å². The minimum Gasteiger partial charge on any atom is -0.495 e. The van der Waals surface area contributed by atoms with Crippen LogP contribution in [-0.4, -0.2) is 12.1 Å². The molecule has 3 nitrogen and oxygen atoms in total. The maximum atomic E-state index is 5.76. The number of methoxy groups -OCH3 is 1. The summed E-state index contributed by atoms with van der Waals surface area (Å²) in [5, 5.41) is 3.29. The molecule has 2 aromatic rings. The van der Waals surface area contributed by atoms with Crippen molar-refractivity contribution in [2.45, 2.75) is 0 Å². The van der Waals surface area contributed by atoms with Crippen molar-refractivity contribution in [1.82, 2.24) is 0 Å². The van der Waals surface area contributed by atoms with E-state index in [2.05, 4.69) is 37.2 Å². The molecule has 104 valence electrons. The second-order valence-corrected chi connectivity index (χ2v) is 6.24. The van der Waals surface area contributed by atoms with E-state index in [9.17, 15) is 0 Å². The van der Waals surface area contributed by atoms with Crippen molar-refractivity contribution in [3.63, 3.8) is 0 Å². The van der Waals surface area contributed by atoms with E-state index in [0.717, 1.165) is 31.6 Å². The van der Waals surface area contributed by atoms with Gasteiger partial charge in [-0.1, -0.05) is 28.1 Å². The first-order valence-electron chi connectivity index (χ1n) is 5.71. The normalized spacial score (nSPS) is 10.2. The molecule has 0 aliphatic rings. The van der Waals surface area contributed by atoms with Crippen molar-refractivity contribution in [3.05, 3.63) is 50.9 Å². The Morgan fingerprint density at radius 1 is 1.20 bits per heavy atom. The third kappa shape index (κ3) is 3.50. The minimum absolute atomic E-state index is 0.345. The van der Waals surface area contributed by atoms with Crippen molar-refractivity contribution in [1.29, 1.82) is 0 Å². The van der Waals surface area contributed by atoms with Crippen LogP contribution in [0.4, 0.5) is 11.4 Å². The number of nitrogens with one attached hydrogen (secondary N) is 1. The lowest BCUT2D eigenvalue weighted by Gasteiger charge is -2.13. The molecule has 0 saturated carbocycles. The smallest absolute Gasteiger partial charge is 0.135 e. The Morgan fingerprint density at radius 3 is 2.60 bits per heavy atom. The standard InChI is InChI=1S/C14H12Br2N2OS/c1-19-13-7-9(3-4-11(13)16)18-12-5-2-8(15)6-10(12)14(17)20/h2-7,18H,1H3,(H2,17,20). The van der Waals surface area contributed by atoms with E-state index in [1.54, 1.807) is 7.11 Å². The number of nitrogens with two attached hydrogens (primary N) is 1. The van der Waals surface area contributed by atoms with Gasteiger partial charge in [0, 0.05) is 27.5 Å². The van der Waals surface area contributed by atoms with Crippen molar-refractivity contribution in [3.8, 4) is 5.75 Å². The number of ether oxygens (including phenoxy) is 1. The number of thiocarbonyl (C=S) groups is 1. The van der Waals surface area contributed by atoms with Crippen LogP contribution in [0, 0.1) is 0 Å². The Balaban J connectivity index is 2.37. The molecule has 0 unspecified atom stereocenters. The summed E-state index contributed by atoms with van der Waals surface area (Å²) in [6, 6.07) is 11.5. The fraction of sp³-hybridized carbons (Fsp3) is 0.0714. The van der Waals surface area contributed by atoms with Crippen molar-refractivity contribution >= 4 is 60.4 Å². The van der Waals surface area contributed by atoms with E-state index in [-0.39, 0.29) is 0 Å². The van der Waals surface area contributed by atoms with Gasteiger partial charge >= 0.3 is 0 Å². The summed E-state index contributed by atoms with van der Waals surface area (Å²) >= 11 is 11.9. The highest BCUT2D eigenvalue weighted by atomic mass is 79.9. The van der Waals surface area contributed by atoms with Crippen LogP contribution in [0.3, 0.4) is 0 Å². The van der Waals surface area contributed by atoms with E-state index < -0.39 is 0 Å². The summed E-state index contributed by atoms with van der Waals surface area (Å²) in [7, 11) is 1.63. The highest BCUT2D eigenvalue weighted by Gasteiger charge is 2.08. The predicted molar refractivity (Wildman–Crippen MR) is 94.0 cm³/mol. The minimum atomic E-state index is 0.345. The van der Waals surface area contributed by atoms with Crippen LogP contribution in [-0.2, 0) is 0 Å². The summed E-state index contributed by atoms with van der Waals surface area (Å²) in [5.41, 5.74) is 8.29. The van der Waals surface area contributed by atoms with Gasteiger partial charge in [0.15, 0.2) is 0 Å². The van der Waals surface area contributed by atoms with Crippen molar-refractivity contribution in [2.24, 2.45) is 5.73 Å². The van der Waals surface area contributed by atoms with Gasteiger partial charge in [-0.05, 0) is 46.3 Å². The third-order valence-electron chi connectivity index (χ3n) is 2.68. The number of halogens is 2. The van der Waals surface area contributed by atoms with Crippen LogP contribution in [0.5, 0.6) is 5.75 Å². The third-order valence-corrected chi connectivity index (χ3v) is 4.05. The predicted octanol–water partition coefficient (Wildman–Crippen LogP) is 4.60. The Bertz CT molecular complexity index is 662. The van der Waals surface area contributed by atoms with Crippen LogP contribution < -0.4 is 15.8 Å². The van der Waals surface area contributed by atoms with Gasteiger partial charge in [0.05, 0.1) is 11.6 Å². The zero-order chi connectivity index (χ0) is 14.7. The molecule has 0 bridgehead atoms. The number of hydrogen-bond acceptors (Lipinski definition) is 3. The molecule has 0 radical (unpaired) electrons. The van der Waals surface area contributed by atoms with Gasteiger partial charge in [0.25, 0.3) is 0 Å². The van der Waals surface area contributed by atoms with Crippen LogP contribution >= 0.6 is 44.1 Å². The van der Waals surface area contributed by atoms with Crippen molar-refractivity contribution < 1.29 is 4.74 Å². The molecule has 0 fully saturated rings. The van der Waals surface area contributed by atoms with Gasteiger partial charge in [-0.25, -0.2) is 0 Å². The molecule has 20 heavy (non-hydrogen) atoms. The summed E-state index contributed by atoms with van der Waals surface area (Å²) < 4.78 is 7.10. The molecule has 0 aliphatic heterocycles. The topological polar surface area (TPSA) is 47.3 Å². The van der Waals surface area contributed by atoms with Crippen molar-refractivity contribution in [2.75, 3.05) is 12.4 Å². The maximum Gasteiger partial charge on any atom is 0.135 e. The lowest BCUT2D eigenvalue weighted by atomic mass is 10.1. The zero-order valence-corrected chi connectivity index (χ0v) is 14.6. The fourth-order valence-electron chi connectivity index (χ4n) is 1.72. The first-order valence-corrected chi connectivity index (χ1v) is 7.70. The first kappa shape index (κ1) is 15.3. The lowest BCUT2D eigenvalue weighted by molar-refractivity contribution is 0.412. The molecule has 0 aliphatic carbocycles. The monoisotopic (exact) mass is 414 g/mol. The summed E-state index contributed by atoms with van der Waals surface area (Å²) in [5.74, 6) is 0.754. The van der Waals surface area contributed by atoms with Gasteiger partial charge in [-0.2, -0.15) is 0 Å². The molecule has 0 saturated heterocycles. The highest BCUT2D eigenvalue weighted by Crippen LogP contribution is 2.31. The first-order chi connectivity index (χ1) is 9.51. The molecule has 2 aromatic carbocycles. The van der Waals surface area contributed by atoms with E-state index in [1.165, 1.54) is 0 Å². The molecule has 2 rings (SSSR count). The summed E-state index contributed by atoms with van der Waals surface area (Å²) in [4.78, 5) is 0.345. The average molecular weight is 416 g/mol. The Morgan fingerprint density at radius 2 is 1.95 bits per heavy atom. The SMILES string of the molecule is COc1cc(Nc2ccc(Br)cc2C(N)=S)ccc1Br. The van der Waals surface area contributed by atoms with E-state index in [0.29, 0.717) is 4.99 Å². The number of rotatable bonds is 4. The van der Waals surface area contributed by atoms with Gasteiger partial charge < -0.3 is 15.8 Å². The second kappa shape index (κ2) is 6.56. The molecule has 0 heterocycles. The quantitative estimate of drug-likeness (QED) is 0.716. The highest BCUT2D eigenvalue weighted by molar-refractivity contribution is 9.10. The largest absolute Gasteiger partial charge is 0.495 e. The number of anilines is 2. The second-order valence-electron chi connectivity index (χ2n) is 4.03. The van der Waals surface area contributed by atoms with Gasteiger partial charge in [-0.15, -0.1) is 0 Å². The van der Waals surface area contributed by atoms with Crippen LogP contribution in [0.25, 0.3) is 0 Å². The summed E-state index contributed by atoms with van der Waals surface area (Å²) in [6.45, 7) is 0. The Kier molecular flexibility index (Phi) is 5.01. The molecule has 3 N–H and O–H groups in total. The molecule has 0 atom stereocenters. The molecule has 0 spiro atoms. The van der Waals surface area contributed by atoms with Crippen LogP contribution in [0.15, 0.2) is 45.3 Å². The number of benzene rings is 2. The fourth-order valence-corrected chi connectivity index (χ4v) is 2.66. The Hall–Kier alpha value is -1.11. The molecule has 6 heteroatoms. The van der Waals surface area contributed by atoms with E-state index in [4.69, 9.17) is 22.7 Å². The van der Waals surface area contributed by atoms with Gasteiger partial charge in [0.1, 0.15) is 10.7 Å². The maximum absolute atomic E-state index is 5.76. The molecular weight excluding hydrogens is 404 g/mol. The van der Waals surface area contributed by atoms with E-state index in [1.807, 2.05) is 36.4 Å². The lowest BCUT2D eigenvalue weighted by Crippen LogP contribution is -2.12. The van der Waals surface area contributed by atoms with Crippen LogP contribution in [0.2, 0.25) is 0 Å². The molecule has 0 amide bonds. The van der Waals surface area contributed by atoms with Gasteiger partial charge in [-0.3, -0.25) is 0 Å². The molecule has 0 aromatic heterocycles.